The van der Waals surface area contributed by atoms with E-state index in [4.69, 9.17) is 4.74 Å². The van der Waals surface area contributed by atoms with Gasteiger partial charge >= 0.3 is 0 Å². The van der Waals surface area contributed by atoms with Gasteiger partial charge in [0.15, 0.2) is 17.3 Å². The van der Waals surface area contributed by atoms with E-state index in [-0.39, 0.29) is 29.1 Å². The minimum Gasteiger partial charge on any atom is -0.451 e. The highest BCUT2D eigenvalue weighted by Gasteiger charge is 2.17. The third kappa shape index (κ3) is 4.38. The van der Waals surface area contributed by atoms with Gasteiger partial charge < -0.3 is 4.74 Å². The Bertz CT molecular complexity index is 842. The SMILES string of the molecule is CCS(=O)(=O)Nc1ncc(Oc2ccc(F)cc2F)c(C(C)C)n1. The number of hydrogen-bond donors (Lipinski definition) is 1. The van der Waals surface area contributed by atoms with Crippen molar-refractivity contribution in [2.45, 2.75) is 26.7 Å². The van der Waals surface area contributed by atoms with E-state index in [1.54, 1.807) is 0 Å². The van der Waals surface area contributed by atoms with Crippen LogP contribution in [0.2, 0.25) is 0 Å². The van der Waals surface area contributed by atoms with Crippen LogP contribution in [0.15, 0.2) is 24.4 Å². The number of benzene rings is 1. The van der Waals surface area contributed by atoms with Crippen LogP contribution in [0.1, 0.15) is 32.4 Å². The second-order valence-corrected chi connectivity index (χ2v) is 7.29. The molecular formula is C15H17F2N3O3S. The van der Waals surface area contributed by atoms with E-state index in [1.807, 2.05) is 13.8 Å². The van der Waals surface area contributed by atoms with Gasteiger partial charge in [0.25, 0.3) is 0 Å². The average molecular weight is 357 g/mol. The summed E-state index contributed by atoms with van der Waals surface area (Å²) in [6, 6.07) is 2.93. The van der Waals surface area contributed by atoms with Gasteiger partial charge in [0.2, 0.25) is 16.0 Å². The zero-order chi connectivity index (χ0) is 17.9. The van der Waals surface area contributed by atoms with Gasteiger partial charge in [-0.2, -0.15) is 0 Å². The van der Waals surface area contributed by atoms with Crippen molar-refractivity contribution in [3.05, 3.63) is 41.7 Å². The molecule has 0 aliphatic carbocycles. The largest absolute Gasteiger partial charge is 0.451 e. The molecule has 0 unspecified atom stereocenters. The molecule has 24 heavy (non-hydrogen) atoms. The van der Waals surface area contributed by atoms with Crippen LogP contribution >= 0.6 is 0 Å². The van der Waals surface area contributed by atoms with E-state index < -0.39 is 21.7 Å². The predicted molar refractivity (Wildman–Crippen MR) is 85.6 cm³/mol. The maximum absolute atomic E-state index is 13.7. The van der Waals surface area contributed by atoms with Crippen LogP contribution in [0, 0.1) is 11.6 Å². The maximum atomic E-state index is 13.7. The fourth-order valence-electron chi connectivity index (χ4n) is 1.81. The van der Waals surface area contributed by atoms with Crippen molar-refractivity contribution in [3.8, 4) is 11.5 Å². The molecule has 0 fully saturated rings. The molecule has 1 aromatic heterocycles. The summed E-state index contributed by atoms with van der Waals surface area (Å²) >= 11 is 0. The third-order valence-corrected chi connectivity index (χ3v) is 4.32. The molecule has 0 aliphatic rings. The summed E-state index contributed by atoms with van der Waals surface area (Å²) in [5.74, 6) is -1.94. The molecule has 0 atom stereocenters. The van der Waals surface area contributed by atoms with Gasteiger partial charge in [0.05, 0.1) is 17.6 Å². The summed E-state index contributed by atoms with van der Waals surface area (Å²) in [5.41, 5.74) is 0.391. The van der Waals surface area contributed by atoms with E-state index >= 15 is 0 Å². The Labute approximate surface area is 139 Å². The highest BCUT2D eigenvalue weighted by molar-refractivity contribution is 7.92. The zero-order valence-corrected chi connectivity index (χ0v) is 14.2. The number of nitrogens with zero attached hydrogens (tertiary/aromatic N) is 2. The Hall–Kier alpha value is -2.29. The number of halogens is 2. The zero-order valence-electron chi connectivity index (χ0n) is 13.4. The van der Waals surface area contributed by atoms with Crippen LogP contribution < -0.4 is 9.46 Å². The number of hydrogen-bond acceptors (Lipinski definition) is 5. The Morgan fingerprint density at radius 1 is 1.25 bits per heavy atom. The molecule has 6 nitrogen and oxygen atoms in total. The molecule has 1 heterocycles. The van der Waals surface area contributed by atoms with E-state index in [0.717, 1.165) is 12.1 Å². The van der Waals surface area contributed by atoms with Gasteiger partial charge in [-0.25, -0.2) is 27.2 Å². The predicted octanol–water partition coefficient (Wildman–Crippen LogP) is 3.43. The molecule has 2 aromatic rings. The first-order chi connectivity index (χ1) is 11.2. The minimum atomic E-state index is -3.52. The molecule has 1 N–H and O–H groups in total. The summed E-state index contributed by atoms with van der Waals surface area (Å²) in [7, 11) is -3.52. The Kier molecular flexibility index (Phi) is 5.33. The summed E-state index contributed by atoms with van der Waals surface area (Å²) in [6.45, 7) is 5.11. The molecule has 9 heteroatoms. The molecule has 0 bridgehead atoms. The second kappa shape index (κ2) is 7.08. The highest BCUT2D eigenvalue weighted by Crippen LogP contribution is 2.31. The van der Waals surface area contributed by atoms with Gasteiger partial charge in [-0.05, 0) is 25.0 Å². The molecule has 2 rings (SSSR count). The van der Waals surface area contributed by atoms with Crippen LogP contribution in [0.4, 0.5) is 14.7 Å². The van der Waals surface area contributed by atoms with Crippen molar-refractivity contribution < 1.29 is 21.9 Å². The number of aromatic nitrogens is 2. The quantitative estimate of drug-likeness (QED) is 0.856. The van der Waals surface area contributed by atoms with Crippen molar-refractivity contribution in [2.75, 3.05) is 10.5 Å². The fraction of sp³-hybridized carbons (Fsp3) is 0.333. The van der Waals surface area contributed by atoms with E-state index in [1.165, 1.54) is 13.1 Å². The van der Waals surface area contributed by atoms with Crippen molar-refractivity contribution in [1.82, 2.24) is 9.97 Å². The molecule has 0 radical (unpaired) electrons. The standard InChI is InChI=1S/C15H17F2N3O3S/c1-4-24(21,22)20-15-18-8-13(14(19-15)9(2)3)23-12-6-5-10(16)7-11(12)17/h5-9H,4H2,1-3H3,(H,18,19,20). The molecular weight excluding hydrogens is 340 g/mol. The first kappa shape index (κ1) is 18.1. The van der Waals surface area contributed by atoms with Crippen LogP contribution in [-0.4, -0.2) is 24.1 Å². The molecule has 1 aromatic carbocycles. The molecule has 0 amide bonds. The molecule has 0 saturated carbocycles. The van der Waals surface area contributed by atoms with Crippen LogP contribution in [0.3, 0.4) is 0 Å². The van der Waals surface area contributed by atoms with Crippen LogP contribution in [0.5, 0.6) is 11.5 Å². The first-order valence-corrected chi connectivity index (χ1v) is 8.87. The van der Waals surface area contributed by atoms with E-state index in [9.17, 15) is 17.2 Å². The van der Waals surface area contributed by atoms with Crippen molar-refractivity contribution in [3.63, 3.8) is 0 Å². The topological polar surface area (TPSA) is 81.2 Å². The van der Waals surface area contributed by atoms with Gasteiger partial charge in [0.1, 0.15) is 5.82 Å². The van der Waals surface area contributed by atoms with Gasteiger partial charge in [-0.1, -0.05) is 13.8 Å². The fourth-order valence-corrected chi connectivity index (χ4v) is 2.33. The molecule has 0 saturated heterocycles. The lowest BCUT2D eigenvalue weighted by Crippen LogP contribution is -2.17. The number of rotatable bonds is 6. The lowest BCUT2D eigenvalue weighted by Gasteiger charge is -2.14. The summed E-state index contributed by atoms with van der Waals surface area (Å²) in [5, 5.41) is 0. The molecule has 130 valence electrons. The van der Waals surface area contributed by atoms with Crippen molar-refractivity contribution in [2.24, 2.45) is 0 Å². The monoisotopic (exact) mass is 357 g/mol. The van der Waals surface area contributed by atoms with Crippen LogP contribution in [0.25, 0.3) is 0 Å². The smallest absolute Gasteiger partial charge is 0.236 e. The Morgan fingerprint density at radius 2 is 1.96 bits per heavy atom. The summed E-state index contributed by atoms with van der Waals surface area (Å²) in [6.07, 6.45) is 1.25. The molecule has 0 spiro atoms. The second-order valence-electron chi connectivity index (χ2n) is 5.28. The van der Waals surface area contributed by atoms with Gasteiger partial charge in [-0.3, -0.25) is 4.72 Å². The maximum Gasteiger partial charge on any atom is 0.236 e. The minimum absolute atomic E-state index is 0.0903. The van der Waals surface area contributed by atoms with Gasteiger partial charge in [-0.15, -0.1) is 0 Å². The third-order valence-electron chi connectivity index (χ3n) is 3.07. The number of anilines is 1. The average Bonchev–Trinajstić information content (AvgIpc) is 2.51. The van der Waals surface area contributed by atoms with Gasteiger partial charge in [0, 0.05) is 6.07 Å². The van der Waals surface area contributed by atoms with E-state index in [0.29, 0.717) is 11.8 Å². The lowest BCUT2D eigenvalue weighted by atomic mass is 10.1. The number of ether oxygens (including phenoxy) is 1. The van der Waals surface area contributed by atoms with Crippen LogP contribution in [-0.2, 0) is 10.0 Å². The summed E-state index contributed by atoms with van der Waals surface area (Å²) < 4.78 is 57.5. The lowest BCUT2D eigenvalue weighted by molar-refractivity contribution is 0.427. The Morgan fingerprint density at radius 3 is 2.54 bits per heavy atom. The summed E-state index contributed by atoms with van der Waals surface area (Å²) in [4.78, 5) is 8.00. The molecule has 0 aliphatic heterocycles. The first-order valence-electron chi connectivity index (χ1n) is 7.22. The normalized spacial score (nSPS) is 11.6. The highest BCUT2D eigenvalue weighted by atomic mass is 32.2. The van der Waals surface area contributed by atoms with Crippen molar-refractivity contribution >= 4 is 16.0 Å². The number of sulfonamides is 1. The van der Waals surface area contributed by atoms with E-state index in [2.05, 4.69) is 14.7 Å². The number of nitrogens with one attached hydrogen (secondary N) is 1. The van der Waals surface area contributed by atoms with Crippen molar-refractivity contribution in [1.29, 1.82) is 0 Å². The Balaban J connectivity index is 2.36.